The molecule has 1 aliphatic heterocycles. The van der Waals surface area contributed by atoms with E-state index in [1.807, 2.05) is 18.3 Å². The van der Waals surface area contributed by atoms with Crippen LogP contribution in [0.2, 0.25) is 0 Å². The van der Waals surface area contributed by atoms with Gasteiger partial charge in [-0.05, 0) is 42.0 Å². The average Bonchev–Trinajstić information content (AvgIpc) is 2.78. The molecule has 1 aromatic carbocycles. The van der Waals surface area contributed by atoms with E-state index in [0.717, 1.165) is 23.2 Å². The topological polar surface area (TPSA) is 68.2 Å². The van der Waals surface area contributed by atoms with Crippen LogP contribution in [0, 0.1) is 0 Å². The maximum Gasteiger partial charge on any atom is 0.417 e. The van der Waals surface area contributed by atoms with Gasteiger partial charge in [-0.1, -0.05) is 12.1 Å². The predicted molar refractivity (Wildman–Crippen MR) is 114 cm³/mol. The van der Waals surface area contributed by atoms with Crippen LogP contribution in [0.25, 0.3) is 10.9 Å². The molecule has 0 aliphatic carbocycles. The summed E-state index contributed by atoms with van der Waals surface area (Å²) in [5.41, 5.74) is 1.23. The Bertz CT molecular complexity index is 1310. The van der Waals surface area contributed by atoms with Gasteiger partial charge in [-0.3, -0.25) is 9.78 Å². The van der Waals surface area contributed by atoms with Gasteiger partial charge in [0.15, 0.2) is 0 Å². The highest BCUT2D eigenvalue weighted by Gasteiger charge is 2.33. The predicted octanol–water partition coefficient (Wildman–Crippen LogP) is 5.08. The highest BCUT2D eigenvalue weighted by molar-refractivity contribution is 5.95. The molecule has 0 N–H and O–H groups in total. The Morgan fingerprint density at radius 2 is 1.88 bits per heavy atom. The summed E-state index contributed by atoms with van der Waals surface area (Å²) in [6, 6.07) is 14.4. The van der Waals surface area contributed by atoms with Gasteiger partial charge in [-0.2, -0.15) is 13.2 Å². The van der Waals surface area contributed by atoms with Gasteiger partial charge in [-0.15, -0.1) is 0 Å². The van der Waals surface area contributed by atoms with Gasteiger partial charge in [-0.25, -0.2) is 9.97 Å². The number of hydrogen-bond donors (Lipinski definition) is 0. The summed E-state index contributed by atoms with van der Waals surface area (Å²) < 4.78 is 43.6. The lowest BCUT2D eigenvalue weighted by Crippen LogP contribution is -2.48. The largest absolute Gasteiger partial charge is 0.439 e. The third-order valence-electron chi connectivity index (χ3n) is 5.49. The van der Waals surface area contributed by atoms with Crippen LogP contribution in [0.3, 0.4) is 0 Å². The third kappa shape index (κ3) is 4.34. The number of rotatable bonds is 4. The first-order valence-electron chi connectivity index (χ1n) is 10.2. The van der Waals surface area contributed by atoms with Crippen molar-refractivity contribution >= 4 is 16.8 Å². The number of amides is 1. The molecule has 3 aromatic heterocycles. The molecule has 1 fully saturated rings. The molecule has 5 rings (SSSR count). The Balaban J connectivity index is 1.27. The lowest BCUT2D eigenvalue weighted by atomic mass is 9.92. The first kappa shape index (κ1) is 20.9. The zero-order valence-electron chi connectivity index (χ0n) is 17.2. The second-order valence-corrected chi connectivity index (χ2v) is 7.73. The van der Waals surface area contributed by atoms with Crippen LogP contribution in [-0.2, 0) is 6.18 Å². The number of pyridine rings is 3. The maximum absolute atomic E-state index is 12.8. The van der Waals surface area contributed by atoms with Crippen LogP contribution in [0.4, 0.5) is 13.2 Å². The van der Waals surface area contributed by atoms with E-state index < -0.39 is 11.7 Å². The molecule has 9 heteroatoms. The molecular weight excluding hydrogens is 433 g/mol. The number of fused-ring (bicyclic) bond motifs is 1. The van der Waals surface area contributed by atoms with E-state index in [2.05, 4.69) is 15.0 Å². The van der Waals surface area contributed by atoms with Crippen molar-refractivity contribution in [3.05, 3.63) is 90.0 Å². The van der Waals surface area contributed by atoms with Crippen molar-refractivity contribution in [3.63, 3.8) is 0 Å². The molecule has 0 radical (unpaired) electrons. The molecule has 6 nitrogen and oxygen atoms in total. The molecule has 33 heavy (non-hydrogen) atoms. The molecule has 0 atom stereocenters. The molecule has 0 unspecified atom stereocenters. The second-order valence-electron chi connectivity index (χ2n) is 7.73. The van der Waals surface area contributed by atoms with E-state index in [9.17, 15) is 18.0 Å². The lowest BCUT2D eigenvalue weighted by Gasteiger charge is -2.39. The van der Waals surface area contributed by atoms with E-state index >= 15 is 0 Å². The highest BCUT2D eigenvalue weighted by atomic mass is 19.4. The summed E-state index contributed by atoms with van der Waals surface area (Å²) in [5.74, 6) is 0.591. The smallest absolute Gasteiger partial charge is 0.417 e. The van der Waals surface area contributed by atoms with Crippen LogP contribution in [0.5, 0.6) is 11.6 Å². The van der Waals surface area contributed by atoms with Crippen molar-refractivity contribution in [3.8, 4) is 11.6 Å². The molecule has 1 aliphatic rings. The van der Waals surface area contributed by atoms with Crippen LogP contribution in [-0.4, -0.2) is 38.8 Å². The fourth-order valence-corrected chi connectivity index (χ4v) is 3.65. The van der Waals surface area contributed by atoms with Gasteiger partial charge >= 0.3 is 6.18 Å². The summed E-state index contributed by atoms with van der Waals surface area (Å²) in [5, 5.41) is 0.729. The van der Waals surface area contributed by atoms with Crippen LogP contribution < -0.4 is 4.74 Å². The van der Waals surface area contributed by atoms with Crippen molar-refractivity contribution in [2.75, 3.05) is 13.1 Å². The van der Waals surface area contributed by atoms with E-state index in [0.29, 0.717) is 30.0 Å². The SMILES string of the molecule is O=C(c1ccc2cc(Oc3ccc(C(F)(F)F)cn3)ccc2n1)N1CC(c2cccnc2)C1. The quantitative estimate of drug-likeness (QED) is 0.434. The van der Waals surface area contributed by atoms with E-state index in [1.165, 1.54) is 6.07 Å². The summed E-state index contributed by atoms with van der Waals surface area (Å²) in [6.07, 6.45) is -0.184. The van der Waals surface area contributed by atoms with Crippen LogP contribution in [0.1, 0.15) is 27.5 Å². The van der Waals surface area contributed by atoms with Crippen molar-refractivity contribution < 1.29 is 22.7 Å². The van der Waals surface area contributed by atoms with Gasteiger partial charge in [0, 0.05) is 49.1 Å². The molecule has 0 spiro atoms. The van der Waals surface area contributed by atoms with Crippen LogP contribution in [0.15, 0.2) is 73.2 Å². The number of halogens is 3. The standard InChI is InChI=1S/C24H17F3N4O2/c25-24(26,27)18-4-8-22(29-12-18)33-19-5-7-20-15(10-19)3-6-21(30-20)23(32)31-13-17(14-31)16-2-1-9-28-11-16/h1-12,17H,13-14H2. The Hall–Kier alpha value is -4.01. The fourth-order valence-electron chi connectivity index (χ4n) is 3.65. The number of likely N-dealkylation sites (tertiary alicyclic amines) is 1. The monoisotopic (exact) mass is 450 g/mol. The van der Waals surface area contributed by atoms with E-state index in [1.54, 1.807) is 41.4 Å². The Morgan fingerprint density at radius 1 is 1.03 bits per heavy atom. The zero-order valence-corrected chi connectivity index (χ0v) is 17.2. The Morgan fingerprint density at radius 3 is 2.58 bits per heavy atom. The second kappa shape index (κ2) is 8.16. The van der Waals surface area contributed by atoms with Crippen molar-refractivity contribution in [1.82, 2.24) is 19.9 Å². The van der Waals surface area contributed by atoms with Crippen molar-refractivity contribution in [1.29, 1.82) is 0 Å². The number of hydrogen-bond acceptors (Lipinski definition) is 5. The fraction of sp³-hybridized carbons (Fsp3) is 0.167. The number of benzene rings is 1. The van der Waals surface area contributed by atoms with E-state index in [4.69, 9.17) is 4.74 Å². The molecular formula is C24H17F3N4O2. The molecule has 1 amide bonds. The molecule has 1 saturated heterocycles. The summed E-state index contributed by atoms with van der Waals surface area (Å²) in [6.45, 7) is 1.24. The number of nitrogens with zero attached hydrogens (tertiary/aromatic N) is 4. The number of ether oxygens (including phenoxy) is 1. The number of aromatic nitrogens is 3. The Kier molecular flexibility index (Phi) is 5.16. The first-order valence-corrected chi connectivity index (χ1v) is 10.2. The van der Waals surface area contributed by atoms with Gasteiger partial charge in [0.25, 0.3) is 5.91 Å². The number of carbonyl (C=O) groups is 1. The molecule has 4 heterocycles. The summed E-state index contributed by atoms with van der Waals surface area (Å²) >= 11 is 0. The third-order valence-corrected chi connectivity index (χ3v) is 5.49. The van der Waals surface area contributed by atoms with Gasteiger partial charge in [0.2, 0.25) is 5.88 Å². The highest BCUT2D eigenvalue weighted by Crippen LogP contribution is 2.31. The Labute approximate surface area is 186 Å². The average molecular weight is 450 g/mol. The zero-order chi connectivity index (χ0) is 23.0. The molecule has 0 bridgehead atoms. The normalized spacial score (nSPS) is 14.2. The summed E-state index contributed by atoms with van der Waals surface area (Å²) in [7, 11) is 0. The van der Waals surface area contributed by atoms with E-state index in [-0.39, 0.29) is 17.7 Å². The van der Waals surface area contributed by atoms with Gasteiger partial charge in [0.1, 0.15) is 11.4 Å². The maximum atomic E-state index is 12.8. The van der Waals surface area contributed by atoms with Crippen LogP contribution >= 0.6 is 0 Å². The van der Waals surface area contributed by atoms with Crippen molar-refractivity contribution in [2.45, 2.75) is 12.1 Å². The summed E-state index contributed by atoms with van der Waals surface area (Å²) in [4.78, 5) is 26.8. The van der Waals surface area contributed by atoms with Crippen molar-refractivity contribution in [2.24, 2.45) is 0 Å². The van der Waals surface area contributed by atoms with Gasteiger partial charge in [0.05, 0.1) is 11.1 Å². The number of carbonyl (C=O) groups excluding carboxylic acids is 1. The lowest BCUT2D eigenvalue weighted by molar-refractivity contribution is -0.137. The number of alkyl halides is 3. The van der Waals surface area contributed by atoms with Gasteiger partial charge < -0.3 is 9.64 Å². The molecule has 166 valence electrons. The minimum atomic E-state index is -4.45. The molecule has 0 saturated carbocycles. The molecule has 4 aromatic rings. The first-order chi connectivity index (χ1) is 15.9. The minimum Gasteiger partial charge on any atom is -0.439 e. The minimum absolute atomic E-state index is 0.0445.